The maximum absolute atomic E-state index is 5.19. The van der Waals surface area contributed by atoms with Crippen molar-refractivity contribution in [3.63, 3.8) is 0 Å². The van der Waals surface area contributed by atoms with Crippen LogP contribution < -0.4 is 0 Å². The number of rotatable bonds is 12. The second kappa shape index (κ2) is 27.5. The fourth-order valence-electron chi connectivity index (χ4n) is 16.4. The number of aromatic nitrogens is 10. The first-order chi connectivity index (χ1) is 55.5. The van der Waals surface area contributed by atoms with Crippen LogP contribution in [0.15, 0.2) is 400 Å². The van der Waals surface area contributed by atoms with E-state index in [9.17, 15) is 0 Å². The lowest BCUT2D eigenvalue weighted by atomic mass is 9.99. The normalized spacial score (nSPS) is 11.6. The van der Waals surface area contributed by atoms with Crippen molar-refractivity contribution in [2.45, 2.75) is 0 Å². The molecule has 0 spiro atoms. The van der Waals surface area contributed by atoms with Gasteiger partial charge in [-0.05, 0) is 125 Å². The Morgan fingerprint density at radius 2 is 0.384 bits per heavy atom. The Morgan fingerprint density at radius 3 is 0.768 bits per heavy atom. The smallest absolute Gasteiger partial charge is 0.164 e. The summed E-state index contributed by atoms with van der Waals surface area (Å²) in [6.07, 6.45) is 0. The second-order valence-electron chi connectivity index (χ2n) is 28.2. The van der Waals surface area contributed by atoms with E-state index in [4.69, 9.17) is 29.9 Å². The molecule has 0 unspecified atom stereocenters. The highest BCUT2D eigenvalue weighted by molar-refractivity contribution is 6.14. The van der Waals surface area contributed by atoms with Gasteiger partial charge in [0.2, 0.25) is 0 Å². The van der Waals surface area contributed by atoms with E-state index in [0.717, 1.165) is 100 Å². The first kappa shape index (κ1) is 65.1. The van der Waals surface area contributed by atoms with E-state index in [-0.39, 0.29) is 0 Å². The Bertz CT molecular complexity index is 7280. The average Bonchev–Trinajstić information content (AvgIpc) is 1.57. The third-order valence-corrected chi connectivity index (χ3v) is 21.5. The molecule has 0 aliphatic heterocycles. The van der Waals surface area contributed by atoms with Gasteiger partial charge in [0.25, 0.3) is 0 Å². The molecule has 0 fully saturated rings. The molecule has 16 aromatic carbocycles. The van der Waals surface area contributed by atoms with E-state index in [2.05, 4.69) is 340 Å². The van der Waals surface area contributed by atoms with Gasteiger partial charge in [-0.15, -0.1) is 0 Å². The van der Waals surface area contributed by atoms with Crippen molar-refractivity contribution in [2.24, 2.45) is 0 Å². The summed E-state index contributed by atoms with van der Waals surface area (Å²) in [5.41, 5.74) is 23.7. The van der Waals surface area contributed by atoms with E-state index in [0.29, 0.717) is 34.9 Å². The molecule has 524 valence electrons. The lowest BCUT2D eigenvalue weighted by Gasteiger charge is -2.13. The average molecular weight is 1430 g/mol. The molecule has 112 heavy (non-hydrogen) atoms. The van der Waals surface area contributed by atoms with Crippen molar-refractivity contribution in [1.29, 1.82) is 0 Å². The van der Waals surface area contributed by atoms with Crippen LogP contribution in [0.25, 0.3) is 201 Å². The molecule has 6 aromatic heterocycles. The molecule has 0 saturated heterocycles. The predicted octanol–water partition coefficient (Wildman–Crippen LogP) is 25.5. The van der Waals surface area contributed by atoms with Crippen molar-refractivity contribution in [2.75, 3.05) is 0 Å². The first-order valence-electron chi connectivity index (χ1n) is 37.7. The van der Waals surface area contributed by atoms with E-state index in [1.54, 1.807) is 0 Å². The molecule has 0 amide bonds. The molecule has 0 saturated carbocycles. The topological polar surface area (TPSA) is 97.1 Å². The summed E-state index contributed by atoms with van der Waals surface area (Å²) >= 11 is 0. The third-order valence-electron chi connectivity index (χ3n) is 21.5. The molecule has 22 aromatic rings. The van der Waals surface area contributed by atoms with Gasteiger partial charge in [-0.1, -0.05) is 297 Å². The zero-order chi connectivity index (χ0) is 74.0. The summed E-state index contributed by atoms with van der Waals surface area (Å²) in [6, 6.07) is 141. The molecule has 0 N–H and O–H groups in total. The van der Waals surface area contributed by atoms with E-state index >= 15 is 0 Å². The molecule has 10 nitrogen and oxygen atoms in total. The molecule has 0 radical (unpaired) electrons. The van der Waals surface area contributed by atoms with E-state index in [1.807, 2.05) is 78.9 Å². The number of para-hydroxylation sites is 6. The van der Waals surface area contributed by atoms with Crippen molar-refractivity contribution in [3.8, 4) is 113 Å². The minimum atomic E-state index is 0.619. The second-order valence-corrected chi connectivity index (χ2v) is 28.2. The largest absolute Gasteiger partial charge is 0.309 e. The SMILES string of the molecule is c1ccc(-c2cccc(-c3nc(-c4ccccc4)nc(-c4cccc(-n5c6ccccc6c6cc(-n7c8ccccc8c8ccccc87)ccc65)c4)n3)c2)cc1.c1ccc(-c2nc(-c3cccc(-n4c5ccccc5c5cc(-n6c7ccccc7c7ccccc76)ccc54)c3)nc(-c3ccccc3-c3ccccc3)n2)cc1. The zero-order valence-corrected chi connectivity index (χ0v) is 60.6. The van der Waals surface area contributed by atoms with Gasteiger partial charge in [0.05, 0.1) is 44.1 Å². The minimum absolute atomic E-state index is 0.619. The molecule has 10 heteroatoms. The van der Waals surface area contributed by atoms with Gasteiger partial charge in [-0.25, -0.2) is 29.9 Å². The van der Waals surface area contributed by atoms with Crippen LogP contribution in [0, 0.1) is 0 Å². The van der Waals surface area contributed by atoms with Crippen molar-refractivity contribution in [3.05, 3.63) is 400 Å². The van der Waals surface area contributed by atoms with Crippen LogP contribution in [0.1, 0.15) is 0 Å². The van der Waals surface area contributed by atoms with Crippen LogP contribution in [0.4, 0.5) is 0 Å². The maximum atomic E-state index is 5.19. The Balaban J connectivity index is 0.000000141. The molecule has 6 heterocycles. The fourth-order valence-corrected chi connectivity index (χ4v) is 16.4. The summed E-state index contributed by atoms with van der Waals surface area (Å²) in [5, 5.41) is 9.79. The summed E-state index contributed by atoms with van der Waals surface area (Å²) in [7, 11) is 0. The number of hydrogen-bond donors (Lipinski definition) is 0. The van der Waals surface area contributed by atoms with Gasteiger partial charge in [0.1, 0.15) is 0 Å². The van der Waals surface area contributed by atoms with Crippen LogP contribution in [-0.4, -0.2) is 48.2 Å². The van der Waals surface area contributed by atoms with Crippen LogP contribution in [0.5, 0.6) is 0 Å². The number of nitrogens with zero attached hydrogens (tertiary/aromatic N) is 10. The highest BCUT2D eigenvalue weighted by atomic mass is 15.1. The predicted molar refractivity (Wildman–Crippen MR) is 460 cm³/mol. The van der Waals surface area contributed by atoms with Gasteiger partial charge in [-0.2, -0.15) is 0 Å². The number of benzene rings is 16. The van der Waals surface area contributed by atoms with Crippen molar-refractivity contribution >= 4 is 87.2 Å². The molecule has 0 aliphatic rings. The van der Waals surface area contributed by atoms with Crippen molar-refractivity contribution in [1.82, 2.24) is 48.2 Å². The van der Waals surface area contributed by atoms with Crippen LogP contribution in [-0.2, 0) is 0 Å². The highest BCUT2D eigenvalue weighted by Gasteiger charge is 2.23. The summed E-state index contributed by atoms with van der Waals surface area (Å²) in [5.74, 6) is 3.77. The van der Waals surface area contributed by atoms with Crippen molar-refractivity contribution < 1.29 is 0 Å². The van der Waals surface area contributed by atoms with Gasteiger partial charge >= 0.3 is 0 Å². The van der Waals surface area contributed by atoms with Crippen LogP contribution in [0.3, 0.4) is 0 Å². The quantitative estimate of drug-likeness (QED) is 0.121. The Kier molecular flexibility index (Phi) is 16.0. The van der Waals surface area contributed by atoms with Gasteiger partial charge in [-0.3, -0.25) is 0 Å². The first-order valence-corrected chi connectivity index (χ1v) is 37.7. The molecular weight excluding hydrogens is 1370 g/mol. The van der Waals surface area contributed by atoms with E-state index < -0.39 is 0 Å². The van der Waals surface area contributed by atoms with Crippen LogP contribution >= 0.6 is 0 Å². The lowest BCUT2D eigenvalue weighted by Crippen LogP contribution is -2.02. The molecular formula is C102H66N10. The molecule has 22 rings (SSSR count). The summed E-state index contributed by atoms with van der Waals surface area (Å²) < 4.78 is 9.48. The fraction of sp³-hybridized carbons (Fsp3) is 0. The van der Waals surface area contributed by atoms with E-state index in [1.165, 1.54) is 65.2 Å². The lowest BCUT2D eigenvalue weighted by molar-refractivity contribution is 1.07. The third kappa shape index (κ3) is 11.4. The Hall–Kier alpha value is -15.3. The summed E-state index contributed by atoms with van der Waals surface area (Å²) in [6.45, 7) is 0. The maximum Gasteiger partial charge on any atom is 0.164 e. The van der Waals surface area contributed by atoms with Crippen LogP contribution in [0.2, 0.25) is 0 Å². The highest BCUT2D eigenvalue weighted by Crippen LogP contribution is 2.42. The Labute approximate surface area is 645 Å². The number of hydrogen-bond acceptors (Lipinski definition) is 6. The molecule has 0 atom stereocenters. The van der Waals surface area contributed by atoms with Gasteiger partial charge < -0.3 is 18.3 Å². The Morgan fingerprint density at radius 1 is 0.134 bits per heavy atom. The number of fused-ring (bicyclic) bond motifs is 12. The standard InChI is InChI=1S/2C51H33N5/c1-3-15-34(16-4-1)36-19-13-20-37(31-36)50-52-49(35-17-5-2-6-18-35)53-51(54-50)38-21-14-22-39(32-38)55-47-28-12-9-25-43(47)44-33-40(29-30-48(44)55)56-45-26-10-7-23-41(45)42-24-8-11-27-46(42)56;1-3-16-34(17-4-1)39-22-7-8-26-43(39)51-53-49(35-18-5-2-6-19-35)52-50(54-51)36-20-15-21-37(32-36)55-47-29-14-11-25-42(47)44-33-38(30-31-48(44)55)56-45-27-12-9-23-40(45)41-24-10-13-28-46(41)56/h2*1-33H. The monoisotopic (exact) mass is 1430 g/mol. The zero-order valence-electron chi connectivity index (χ0n) is 60.6. The summed E-state index contributed by atoms with van der Waals surface area (Å²) in [4.78, 5) is 30.6. The minimum Gasteiger partial charge on any atom is -0.309 e. The van der Waals surface area contributed by atoms with Gasteiger partial charge in [0.15, 0.2) is 34.9 Å². The molecule has 0 bridgehead atoms. The van der Waals surface area contributed by atoms with Gasteiger partial charge in [0, 0.05) is 99.2 Å². The molecule has 0 aliphatic carbocycles.